The number of hydrogen-bond donors (Lipinski definition) is 3. The first kappa shape index (κ1) is 12.9. The number of para-hydroxylation sites is 1. The molecule has 4 N–H and O–H groups in total. The van der Waals surface area contributed by atoms with Gasteiger partial charge in [0.1, 0.15) is 0 Å². The molecule has 0 saturated heterocycles. The molecule has 0 aromatic heterocycles. The standard InChI is InChI=1S/C11H15NO3S/c1-16-6-5-8(12)10(14)7-3-2-4-9(13)11(7)15/h2-4,8,13,15H,5-6,12H2,1H3/t8-/m0/s1. The molecule has 0 amide bonds. The number of hydrogen-bond acceptors (Lipinski definition) is 5. The Balaban J connectivity index is 2.84. The van der Waals surface area contributed by atoms with Crippen molar-refractivity contribution < 1.29 is 15.0 Å². The molecule has 0 fully saturated rings. The number of rotatable bonds is 5. The van der Waals surface area contributed by atoms with Gasteiger partial charge in [0, 0.05) is 0 Å². The Morgan fingerprint density at radius 1 is 1.50 bits per heavy atom. The summed E-state index contributed by atoms with van der Waals surface area (Å²) in [5.41, 5.74) is 5.78. The third kappa shape index (κ3) is 2.90. The zero-order valence-corrected chi connectivity index (χ0v) is 9.83. The van der Waals surface area contributed by atoms with Crippen LogP contribution in [0.3, 0.4) is 0 Å². The number of carbonyl (C=O) groups is 1. The molecule has 0 bridgehead atoms. The number of carbonyl (C=O) groups excluding carboxylic acids is 1. The Morgan fingerprint density at radius 2 is 2.19 bits per heavy atom. The Bertz CT molecular complexity index is 381. The summed E-state index contributed by atoms with van der Waals surface area (Å²) in [6, 6.07) is 3.64. The van der Waals surface area contributed by atoms with E-state index in [0.717, 1.165) is 5.75 Å². The van der Waals surface area contributed by atoms with Gasteiger partial charge in [-0.25, -0.2) is 0 Å². The van der Waals surface area contributed by atoms with Gasteiger partial charge in [-0.05, 0) is 30.6 Å². The lowest BCUT2D eigenvalue weighted by atomic mass is 10.0. The molecule has 0 aliphatic heterocycles. The van der Waals surface area contributed by atoms with Gasteiger partial charge in [-0.1, -0.05) is 6.07 Å². The maximum atomic E-state index is 11.8. The maximum Gasteiger partial charge on any atom is 0.183 e. The van der Waals surface area contributed by atoms with E-state index in [1.165, 1.54) is 18.2 Å². The van der Waals surface area contributed by atoms with Crippen molar-refractivity contribution in [3.63, 3.8) is 0 Å². The van der Waals surface area contributed by atoms with Gasteiger partial charge in [-0.3, -0.25) is 4.79 Å². The highest BCUT2D eigenvalue weighted by molar-refractivity contribution is 7.98. The molecule has 1 aromatic rings. The number of aromatic hydroxyl groups is 2. The van der Waals surface area contributed by atoms with Crippen LogP contribution in [0.15, 0.2) is 18.2 Å². The smallest absolute Gasteiger partial charge is 0.183 e. The van der Waals surface area contributed by atoms with Crippen LogP contribution >= 0.6 is 11.8 Å². The average Bonchev–Trinajstić information content (AvgIpc) is 2.28. The van der Waals surface area contributed by atoms with Crippen LogP contribution in [0.25, 0.3) is 0 Å². The highest BCUT2D eigenvalue weighted by Gasteiger charge is 2.19. The molecule has 88 valence electrons. The first-order valence-electron chi connectivity index (χ1n) is 4.87. The van der Waals surface area contributed by atoms with Crippen molar-refractivity contribution in [2.75, 3.05) is 12.0 Å². The van der Waals surface area contributed by atoms with Crippen molar-refractivity contribution in [3.05, 3.63) is 23.8 Å². The third-order valence-electron chi connectivity index (χ3n) is 2.25. The van der Waals surface area contributed by atoms with Crippen molar-refractivity contribution in [2.24, 2.45) is 5.73 Å². The maximum absolute atomic E-state index is 11.8. The summed E-state index contributed by atoms with van der Waals surface area (Å²) < 4.78 is 0. The fourth-order valence-electron chi connectivity index (χ4n) is 1.31. The Labute approximate surface area is 98.5 Å². The van der Waals surface area contributed by atoms with Crippen molar-refractivity contribution in [3.8, 4) is 11.5 Å². The van der Waals surface area contributed by atoms with E-state index in [0.29, 0.717) is 6.42 Å². The van der Waals surface area contributed by atoms with Crippen molar-refractivity contribution >= 4 is 17.5 Å². The number of thioether (sulfide) groups is 1. The zero-order chi connectivity index (χ0) is 12.1. The van der Waals surface area contributed by atoms with Gasteiger partial charge in [-0.2, -0.15) is 11.8 Å². The van der Waals surface area contributed by atoms with Crippen LogP contribution in [0.4, 0.5) is 0 Å². The fraction of sp³-hybridized carbons (Fsp3) is 0.364. The highest BCUT2D eigenvalue weighted by Crippen LogP contribution is 2.29. The quantitative estimate of drug-likeness (QED) is 0.535. The van der Waals surface area contributed by atoms with Crippen LogP contribution < -0.4 is 5.73 Å². The van der Waals surface area contributed by atoms with Crippen molar-refractivity contribution in [2.45, 2.75) is 12.5 Å². The Hall–Kier alpha value is -1.20. The Morgan fingerprint density at radius 3 is 2.81 bits per heavy atom. The summed E-state index contributed by atoms with van der Waals surface area (Å²) in [7, 11) is 0. The van der Waals surface area contributed by atoms with E-state index >= 15 is 0 Å². The molecular weight excluding hydrogens is 226 g/mol. The Kier molecular flexibility index (Phi) is 4.64. The van der Waals surface area contributed by atoms with E-state index in [-0.39, 0.29) is 17.1 Å². The van der Waals surface area contributed by atoms with Gasteiger partial charge in [0.2, 0.25) is 0 Å². The summed E-state index contributed by atoms with van der Waals surface area (Å²) in [6.45, 7) is 0. The van der Waals surface area contributed by atoms with Gasteiger partial charge in [0.25, 0.3) is 0 Å². The molecule has 0 saturated carbocycles. The number of benzene rings is 1. The molecule has 16 heavy (non-hydrogen) atoms. The SMILES string of the molecule is CSCC[C@H](N)C(=O)c1cccc(O)c1O. The van der Waals surface area contributed by atoms with Crippen LogP contribution in [-0.2, 0) is 0 Å². The van der Waals surface area contributed by atoms with E-state index in [2.05, 4.69) is 0 Å². The zero-order valence-electron chi connectivity index (χ0n) is 9.01. The van der Waals surface area contributed by atoms with Crippen LogP contribution in [0, 0.1) is 0 Å². The molecule has 1 aromatic carbocycles. The number of phenolic OH excluding ortho intramolecular Hbond substituents is 2. The van der Waals surface area contributed by atoms with Crippen LogP contribution in [0.1, 0.15) is 16.8 Å². The third-order valence-corrected chi connectivity index (χ3v) is 2.89. The summed E-state index contributed by atoms with van der Waals surface area (Å²) in [4.78, 5) is 11.8. The van der Waals surface area contributed by atoms with Gasteiger partial charge in [-0.15, -0.1) is 0 Å². The molecule has 1 atom stereocenters. The average molecular weight is 241 g/mol. The molecular formula is C11H15NO3S. The number of ketones is 1. The first-order chi connectivity index (χ1) is 7.57. The molecule has 0 aliphatic rings. The monoisotopic (exact) mass is 241 g/mol. The second-order valence-electron chi connectivity index (χ2n) is 3.43. The molecule has 0 aliphatic carbocycles. The van der Waals surface area contributed by atoms with Gasteiger partial charge < -0.3 is 15.9 Å². The van der Waals surface area contributed by atoms with E-state index in [1.54, 1.807) is 11.8 Å². The highest BCUT2D eigenvalue weighted by atomic mass is 32.2. The number of phenols is 2. The largest absolute Gasteiger partial charge is 0.504 e. The normalized spacial score (nSPS) is 12.4. The molecule has 0 spiro atoms. The van der Waals surface area contributed by atoms with Crippen LogP contribution in [0.5, 0.6) is 11.5 Å². The molecule has 0 unspecified atom stereocenters. The van der Waals surface area contributed by atoms with Gasteiger partial charge >= 0.3 is 0 Å². The number of Topliss-reactive ketones (excluding diaryl/α,β-unsaturated/α-hetero) is 1. The van der Waals surface area contributed by atoms with Crippen LogP contribution in [0.2, 0.25) is 0 Å². The first-order valence-corrected chi connectivity index (χ1v) is 6.27. The minimum absolute atomic E-state index is 0.0774. The van der Waals surface area contributed by atoms with E-state index in [9.17, 15) is 15.0 Å². The van der Waals surface area contributed by atoms with E-state index in [4.69, 9.17) is 5.73 Å². The lowest BCUT2D eigenvalue weighted by Crippen LogP contribution is -2.31. The van der Waals surface area contributed by atoms with Gasteiger partial charge in [0.05, 0.1) is 11.6 Å². The topological polar surface area (TPSA) is 83.6 Å². The molecule has 4 nitrogen and oxygen atoms in total. The second kappa shape index (κ2) is 5.77. The van der Waals surface area contributed by atoms with E-state index < -0.39 is 11.8 Å². The van der Waals surface area contributed by atoms with Crippen molar-refractivity contribution in [1.82, 2.24) is 0 Å². The predicted octanol–water partition coefficient (Wildman–Crippen LogP) is 1.36. The molecule has 5 heteroatoms. The second-order valence-corrected chi connectivity index (χ2v) is 4.41. The van der Waals surface area contributed by atoms with Crippen molar-refractivity contribution in [1.29, 1.82) is 0 Å². The lowest BCUT2D eigenvalue weighted by molar-refractivity contribution is 0.0956. The predicted molar refractivity (Wildman–Crippen MR) is 65.1 cm³/mol. The summed E-state index contributed by atoms with van der Waals surface area (Å²) in [5, 5.41) is 18.8. The summed E-state index contributed by atoms with van der Waals surface area (Å²) >= 11 is 1.61. The fourth-order valence-corrected chi connectivity index (χ4v) is 1.80. The summed E-state index contributed by atoms with van der Waals surface area (Å²) in [6.07, 6.45) is 2.48. The molecule has 0 radical (unpaired) electrons. The minimum atomic E-state index is -0.639. The van der Waals surface area contributed by atoms with E-state index in [1.807, 2.05) is 6.26 Å². The molecule has 0 heterocycles. The molecule has 1 rings (SSSR count). The van der Waals surface area contributed by atoms with Gasteiger partial charge in [0.15, 0.2) is 17.3 Å². The minimum Gasteiger partial charge on any atom is -0.504 e. The number of nitrogens with two attached hydrogens (primary N) is 1. The summed E-state index contributed by atoms with van der Waals surface area (Å²) in [5.74, 6) is -0.260. The van der Waals surface area contributed by atoms with Crippen LogP contribution in [-0.4, -0.2) is 34.0 Å². The lowest BCUT2D eigenvalue weighted by Gasteiger charge is -2.11.